The Labute approximate surface area is 147 Å². The molecule has 0 spiro atoms. The molecule has 0 aromatic heterocycles. The van der Waals surface area contributed by atoms with Crippen LogP contribution in [-0.2, 0) is 19.9 Å². The smallest absolute Gasteiger partial charge is 0.766 e. The third-order valence-corrected chi connectivity index (χ3v) is 4.24. The Bertz CT molecular complexity index is 237. The average molecular weight is 287 g/mol. The van der Waals surface area contributed by atoms with Gasteiger partial charge in [-0.25, -0.2) is 0 Å². The maximum atomic E-state index is 10.3. The Balaban J connectivity index is -0.000000845. The van der Waals surface area contributed by atoms with E-state index in [0.29, 0.717) is 6.42 Å². The van der Waals surface area contributed by atoms with Gasteiger partial charge in [-0.1, -0.05) is 50.8 Å². The molecular formula is C8H19NNa2O3S2. The first-order valence-corrected chi connectivity index (χ1v) is 7.87. The molecule has 0 radical (unpaired) electrons. The molecule has 88 valence electrons. The van der Waals surface area contributed by atoms with Crippen molar-refractivity contribution in [1.82, 2.24) is 0 Å². The van der Waals surface area contributed by atoms with Crippen molar-refractivity contribution in [3.63, 3.8) is 0 Å². The fourth-order valence-corrected chi connectivity index (χ4v) is 3.11. The monoisotopic (exact) mass is 287 g/mol. The van der Waals surface area contributed by atoms with Crippen molar-refractivity contribution in [3.05, 3.63) is 0 Å². The van der Waals surface area contributed by atoms with E-state index in [0.717, 1.165) is 19.3 Å². The predicted octanol–water partition coefficient (Wildman–Crippen LogP) is -5.09. The molecule has 0 bridgehead atoms. The van der Waals surface area contributed by atoms with E-state index in [1.165, 1.54) is 12.8 Å². The Hall–Kier alpha value is 2.22. The summed E-state index contributed by atoms with van der Waals surface area (Å²) in [7, 11) is -4.36. The van der Waals surface area contributed by atoms with E-state index in [4.69, 9.17) is 5.73 Å². The van der Waals surface area contributed by atoms with E-state index in [1.807, 2.05) is 0 Å². The number of nitrogens with two attached hydrogens (primary N) is 1. The van der Waals surface area contributed by atoms with Crippen LogP contribution in [0.25, 0.3) is 0 Å². The Morgan fingerprint density at radius 2 is 1.69 bits per heavy atom. The number of unbranched alkanes of at least 4 members (excludes halogenated alkanes) is 4. The molecule has 2 N–H and O–H groups in total. The van der Waals surface area contributed by atoms with E-state index in [1.54, 1.807) is 0 Å². The maximum absolute atomic E-state index is 10.3. The van der Waals surface area contributed by atoms with Gasteiger partial charge in [0.1, 0.15) is 0 Å². The zero-order valence-corrected chi connectivity index (χ0v) is 16.2. The van der Waals surface area contributed by atoms with E-state index in [2.05, 4.69) is 6.92 Å². The quantitative estimate of drug-likeness (QED) is 0.121. The summed E-state index contributed by atoms with van der Waals surface area (Å²) < 4.78 is 31.0. The van der Waals surface area contributed by atoms with Gasteiger partial charge in [0.2, 0.25) is 0 Å². The van der Waals surface area contributed by atoms with Gasteiger partial charge in [0, 0.05) is 9.15 Å². The number of rotatable bonds is 8. The molecule has 0 rings (SSSR count). The molecule has 8 heteroatoms. The van der Waals surface area contributed by atoms with Gasteiger partial charge in [0.25, 0.3) is 0 Å². The molecule has 0 aliphatic carbocycles. The summed E-state index contributed by atoms with van der Waals surface area (Å²) in [4.78, 5) is 0. The van der Waals surface area contributed by atoms with Crippen molar-refractivity contribution in [3.8, 4) is 0 Å². The first-order chi connectivity index (χ1) is 6.45. The molecule has 0 fully saturated rings. The van der Waals surface area contributed by atoms with Gasteiger partial charge in [0.15, 0.2) is 0 Å². The van der Waals surface area contributed by atoms with E-state index >= 15 is 0 Å². The molecule has 0 saturated carbocycles. The van der Waals surface area contributed by atoms with Gasteiger partial charge < -0.3 is 21.1 Å². The molecule has 1 atom stereocenters. The second-order valence-electron chi connectivity index (χ2n) is 3.30. The van der Waals surface area contributed by atoms with Crippen LogP contribution in [-0.4, -0.2) is 18.3 Å². The standard InChI is InChI=1S/C8H20NO3S2.2Na/c1-2-3-4-5-6-7-8(9)13-14(10,11)12;;/h8,13H,2-7,9H2,1H3,(H,10,11,12);;/q-1;2*+1/p-1. The van der Waals surface area contributed by atoms with Crippen molar-refractivity contribution in [2.24, 2.45) is 5.73 Å². The minimum absolute atomic E-state index is 0. The van der Waals surface area contributed by atoms with Crippen LogP contribution >= 0.6 is 0 Å². The van der Waals surface area contributed by atoms with Crippen molar-refractivity contribution in [2.45, 2.75) is 50.8 Å². The average Bonchev–Trinajstić information content (AvgIpc) is 2.00. The minimum Gasteiger partial charge on any atom is -0.766 e. The van der Waals surface area contributed by atoms with Gasteiger partial charge >= 0.3 is 59.1 Å². The predicted molar refractivity (Wildman–Crippen MR) is 59.8 cm³/mol. The molecule has 0 heterocycles. The van der Waals surface area contributed by atoms with Crippen LogP contribution in [0, 0.1) is 0 Å². The van der Waals surface area contributed by atoms with Gasteiger partial charge in [0.05, 0.1) is 0 Å². The Kier molecular flexibility index (Phi) is 19.9. The van der Waals surface area contributed by atoms with Crippen molar-refractivity contribution in [1.29, 1.82) is 0 Å². The Morgan fingerprint density at radius 3 is 2.12 bits per heavy atom. The maximum Gasteiger partial charge on any atom is 1.00 e. The van der Waals surface area contributed by atoms with E-state index in [-0.39, 0.29) is 69.9 Å². The SMILES string of the molecule is CCCCCCCC(N)[SH-]S(=O)(=O)[O-].[Na+].[Na+]. The van der Waals surface area contributed by atoms with Crippen molar-refractivity contribution in [2.75, 3.05) is 0 Å². The molecule has 0 amide bonds. The Morgan fingerprint density at radius 1 is 1.19 bits per heavy atom. The van der Waals surface area contributed by atoms with Gasteiger partial charge in [-0.2, -0.15) is 0 Å². The van der Waals surface area contributed by atoms with Gasteiger partial charge in [-0.3, -0.25) is 8.42 Å². The zero-order chi connectivity index (χ0) is 11.0. The number of thiol groups is 1. The van der Waals surface area contributed by atoms with Crippen LogP contribution < -0.4 is 64.8 Å². The molecule has 0 aromatic carbocycles. The molecule has 1 unspecified atom stereocenters. The third-order valence-electron chi connectivity index (χ3n) is 1.87. The molecular weight excluding hydrogens is 268 g/mol. The summed E-state index contributed by atoms with van der Waals surface area (Å²) in [6.07, 6.45) is 6.13. The first-order valence-electron chi connectivity index (χ1n) is 4.89. The first kappa shape index (κ1) is 23.3. The summed E-state index contributed by atoms with van der Waals surface area (Å²) in [5, 5.41) is -0.515. The fourth-order valence-electron chi connectivity index (χ4n) is 1.18. The van der Waals surface area contributed by atoms with Crippen molar-refractivity contribution >= 4 is 19.9 Å². The summed E-state index contributed by atoms with van der Waals surface area (Å²) >= 11 is 0. The second kappa shape index (κ2) is 13.6. The second-order valence-corrected chi connectivity index (χ2v) is 7.01. The number of hydrogen-bond acceptors (Lipinski definition) is 5. The summed E-state index contributed by atoms with van der Waals surface area (Å²) in [6, 6.07) is 0. The third kappa shape index (κ3) is 18.6. The molecule has 0 aliphatic rings. The van der Waals surface area contributed by atoms with Crippen LogP contribution in [0.2, 0.25) is 0 Å². The largest absolute Gasteiger partial charge is 1.00 e. The fraction of sp³-hybridized carbons (Fsp3) is 1.00. The van der Waals surface area contributed by atoms with Crippen LogP contribution in [0.15, 0.2) is 0 Å². The van der Waals surface area contributed by atoms with Crippen LogP contribution in [0.4, 0.5) is 0 Å². The van der Waals surface area contributed by atoms with Crippen LogP contribution in [0.3, 0.4) is 0 Å². The van der Waals surface area contributed by atoms with Crippen molar-refractivity contribution < 1.29 is 72.1 Å². The van der Waals surface area contributed by atoms with Crippen LogP contribution in [0.5, 0.6) is 0 Å². The van der Waals surface area contributed by atoms with E-state index in [9.17, 15) is 13.0 Å². The summed E-state index contributed by atoms with van der Waals surface area (Å²) in [5.41, 5.74) is 5.48. The normalized spacial score (nSPS) is 12.7. The zero-order valence-electron chi connectivity index (χ0n) is 10.5. The molecule has 0 saturated heterocycles. The van der Waals surface area contributed by atoms with E-state index < -0.39 is 14.5 Å². The number of hydrogen-bond donors (Lipinski definition) is 1. The van der Waals surface area contributed by atoms with Crippen LogP contribution in [0.1, 0.15) is 45.4 Å². The van der Waals surface area contributed by atoms with Gasteiger partial charge in [-0.05, 0) is 0 Å². The molecule has 0 aliphatic heterocycles. The molecule has 4 nitrogen and oxygen atoms in total. The topological polar surface area (TPSA) is 83.2 Å². The summed E-state index contributed by atoms with van der Waals surface area (Å²) in [6.45, 7) is 2.13. The van der Waals surface area contributed by atoms with Gasteiger partial charge in [-0.15, -0.1) is 0 Å². The molecule has 0 aromatic rings. The minimum atomic E-state index is -4.17. The molecule has 16 heavy (non-hydrogen) atoms. The summed E-state index contributed by atoms with van der Waals surface area (Å²) in [5.74, 6) is 0.